The Kier molecular flexibility index (Phi) is 9.71. The predicted molar refractivity (Wildman–Crippen MR) is 88.0 cm³/mol. The van der Waals surface area contributed by atoms with Crippen molar-refractivity contribution in [1.29, 1.82) is 0 Å². The molecule has 0 radical (unpaired) electrons. The summed E-state index contributed by atoms with van der Waals surface area (Å²) in [5.41, 5.74) is 0. The molecule has 23 heavy (non-hydrogen) atoms. The smallest absolute Gasteiger partial charge is 0.300 e. The Bertz CT molecular complexity index is 480. The topological polar surface area (TPSA) is 65.0 Å². The SMILES string of the molecule is CC(=O)O.c1ccc(OCCOCCOc2ccccc2)cc1. The van der Waals surface area contributed by atoms with Crippen molar-refractivity contribution in [2.24, 2.45) is 0 Å². The van der Waals surface area contributed by atoms with E-state index in [1.165, 1.54) is 0 Å². The molecular weight excluding hydrogens is 296 g/mol. The number of hydrogen-bond acceptors (Lipinski definition) is 4. The maximum Gasteiger partial charge on any atom is 0.300 e. The Labute approximate surface area is 136 Å². The molecule has 5 heteroatoms. The van der Waals surface area contributed by atoms with E-state index in [-0.39, 0.29) is 0 Å². The lowest BCUT2D eigenvalue weighted by atomic mass is 10.3. The average Bonchev–Trinajstić information content (AvgIpc) is 2.55. The van der Waals surface area contributed by atoms with E-state index in [4.69, 9.17) is 24.1 Å². The summed E-state index contributed by atoms with van der Waals surface area (Å²) in [6.45, 7) is 3.31. The standard InChI is InChI=1S/C16H18O3.C2H4O2/c1-3-7-15(8-4-1)18-13-11-17-12-14-19-16-9-5-2-6-10-16;1-2(3)4/h1-10H,11-14H2;1H3,(H,3,4). The first-order chi connectivity index (χ1) is 11.2. The fourth-order valence-electron chi connectivity index (χ4n) is 1.57. The second-order valence-electron chi connectivity index (χ2n) is 4.45. The lowest BCUT2D eigenvalue weighted by molar-refractivity contribution is -0.134. The highest BCUT2D eigenvalue weighted by Gasteiger charge is 1.94. The molecule has 2 rings (SSSR count). The van der Waals surface area contributed by atoms with Crippen LogP contribution in [0.5, 0.6) is 11.5 Å². The van der Waals surface area contributed by atoms with Crippen LogP contribution < -0.4 is 9.47 Å². The van der Waals surface area contributed by atoms with Crippen LogP contribution in [0.1, 0.15) is 6.92 Å². The highest BCUT2D eigenvalue weighted by molar-refractivity contribution is 5.62. The van der Waals surface area contributed by atoms with E-state index in [1.807, 2.05) is 60.7 Å². The Morgan fingerprint density at radius 2 is 1.13 bits per heavy atom. The van der Waals surface area contributed by atoms with Gasteiger partial charge < -0.3 is 19.3 Å². The van der Waals surface area contributed by atoms with Gasteiger partial charge in [-0.25, -0.2) is 0 Å². The third-order valence-corrected chi connectivity index (χ3v) is 2.48. The van der Waals surface area contributed by atoms with E-state index in [0.29, 0.717) is 26.4 Å². The van der Waals surface area contributed by atoms with E-state index < -0.39 is 5.97 Å². The molecule has 5 nitrogen and oxygen atoms in total. The number of benzene rings is 2. The number of carboxylic acids is 1. The van der Waals surface area contributed by atoms with Gasteiger partial charge in [0.05, 0.1) is 13.2 Å². The second kappa shape index (κ2) is 12.1. The number of para-hydroxylation sites is 2. The highest BCUT2D eigenvalue weighted by atomic mass is 16.5. The van der Waals surface area contributed by atoms with Gasteiger partial charge in [0.1, 0.15) is 24.7 Å². The van der Waals surface area contributed by atoms with E-state index in [0.717, 1.165) is 18.4 Å². The summed E-state index contributed by atoms with van der Waals surface area (Å²) in [5, 5.41) is 7.42. The zero-order chi connectivity index (χ0) is 16.8. The maximum absolute atomic E-state index is 9.00. The van der Waals surface area contributed by atoms with Crippen molar-refractivity contribution in [3.8, 4) is 11.5 Å². The van der Waals surface area contributed by atoms with Gasteiger partial charge in [-0.15, -0.1) is 0 Å². The second-order valence-corrected chi connectivity index (χ2v) is 4.45. The van der Waals surface area contributed by atoms with E-state index in [2.05, 4.69) is 0 Å². The number of carbonyl (C=O) groups is 1. The largest absolute Gasteiger partial charge is 0.491 e. The van der Waals surface area contributed by atoms with Crippen molar-refractivity contribution in [3.63, 3.8) is 0 Å². The first kappa shape index (κ1) is 18.5. The van der Waals surface area contributed by atoms with Crippen molar-refractivity contribution >= 4 is 5.97 Å². The van der Waals surface area contributed by atoms with Crippen LogP contribution in [-0.4, -0.2) is 37.5 Å². The molecule has 0 heterocycles. The molecule has 2 aromatic rings. The van der Waals surface area contributed by atoms with Crippen LogP contribution in [0, 0.1) is 0 Å². The van der Waals surface area contributed by atoms with Crippen LogP contribution in [-0.2, 0) is 9.53 Å². The Hall–Kier alpha value is -2.53. The maximum atomic E-state index is 9.00. The quantitative estimate of drug-likeness (QED) is 0.757. The predicted octanol–water partition coefficient (Wildman–Crippen LogP) is 3.25. The third-order valence-electron chi connectivity index (χ3n) is 2.48. The van der Waals surface area contributed by atoms with Crippen LogP contribution >= 0.6 is 0 Å². The molecule has 0 amide bonds. The van der Waals surface area contributed by atoms with Crippen molar-refractivity contribution in [3.05, 3.63) is 60.7 Å². The van der Waals surface area contributed by atoms with E-state index in [9.17, 15) is 0 Å². The molecule has 0 aliphatic heterocycles. The summed E-state index contributed by atoms with van der Waals surface area (Å²) in [5.74, 6) is 0.901. The minimum Gasteiger partial charge on any atom is -0.491 e. The lowest BCUT2D eigenvalue weighted by Crippen LogP contribution is -2.12. The average molecular weight is 318 g/mol. The first-order valence-electron chi connectivity index (χ1n) is 7.31. The van der Waals surface area contributed by atoms with Crippen molar-refractivity contribution in [1.82, 2.24) is 0 Å². The number of ether oxygens (including phenoxy) is 3. The molecule has 124 valence electrons. The van der Waals surface area contributed by atoms with E-state index >= 15 is 0 Å². The van der Waals surface area contributed by atoms with Crippen LogP contribution in [0.2, 0.25) is 0 Å². The molecule has 0 saturated carbocycles. The lowest BCUT2D eigenvalue weighted by Gasteiger charge is -2.08. The summed E-state index contributed by atoms with van der Waals surface area (Å²) in [4.78, 5) is 9.00. The van der Waals surface area contributed by atoms with Crippen LogP contribution in [0.15, 0.2) is 60.7 Å². The Balaban J connectivity index is 0.000000593. The number of carboxylic acid groups (broad SMARTS) is 1. The highest BCUT2D eigenvalue weighted by Crippen LogP contribution is 2.08. The first-order valence-corrected chi connectivity index (χ1v) is 7.31. The summed E-state index contributed by atoms with van der Waals surface area (Å²) in [6.07, 6.45) is 0. The van der Waals surface area contributed by atoms with Crippen LogP contribution in [0.3, 0.4) is 0 Å². The number of aliphatic carboxylic acids is 1. The minimum atomic E-state index is -0.833. The third kappa shape index (κ3) is 10.8. The van der Waals surface area contributed by atoms with Gasteiger partial charge in [0.15, 0.2) is 0 Å². The fraction of sp³-hybridized carbons (Fsp3) is 0.278. The van der Waals surface area contributed by atoms with Gasteiger partial charge in [0, 0.05) is 6.92 Å². The zero-order valence-electron chi connectivity index (χ0n) is 13.2. The van der Waals surface area contributed by atoms with E-state index in [1.54, 1.807) is 0 Å². The molecule has 0 spiro atoms. The molecule has 0 unspecified atom stereocenters. The Morgan fingerprint density at radius 1 is 0.783 bits per heavy atom. The number of hydrogen-bond donors (Lipinski definition) is 1. The van der Waals surface area contributed by atoms with Crippen LogP contribution in [0.25, 0.3) is 0 Å². The molecule has 1 N–H and O–H groups in total. The molecule has 0 saturated heterocycles. The molecule has 0 aromatic heterocycles. The molecule has 0 aliphatic rings. The molecule has 0 atom stereocenters. The minimum absolute atomic E-state index is 0.551. The summed E-state index contributed by atoms with van der Waals surface area (Å²) in [7, 11) is 0. The van der Waals surface area contributed by atoms with Gasteiger partial charge in [-0.3, -0.25) is 4.79 Å². The van der Waals surface area contributed by atoms with Crippen molar-refractivity contribution in [2.45, 2.75) is 6.92 Å². The molecule has 0 aliphatic carbocycles. The molecular formula is C18H22O5. The normalized spacial score (nSPS) is 9.43. The molecule has 0 fully saturated rings. The fourth-order valence-corrected chi connectivity index (χ4v) is 1.57. The van der Waals surface area contributed by atoms with Gasteiger partial charge >= 0.3 is 0 Å². The van der Waals surface area contributed by atoms with Gasteiger partial charge in [-0.2, -0.15) is 0 Å². The van der Waals surface area contributed by atoms with Crippen molar-refractivity contribution in [2.75, 3.05) is 26.4 Å². The molecule has 0 bridgehead atoms. The monoisotopic (exact) mass is 318 g/mol. The van der Waals surface area contributed by atoms with Crippen molar-refractivity contribution < 1.29 is 24.1 Å². The number of rotatable bonds is 8. The summed E-state index contributed by atoms with van der Waals surface area (Å²) < 4.78 is 16.4. The van der Waals surface area contributed by atoms with Gasteiger partial charge in [0.2, 0.25) is 0 Å². The van der Waals surface area contributed by atoms with Gasteiger partial charge in [0.25, 0.3) is 5.97 Å². The summed E-state index contributed by atoms with van der Waals surface area (Å²) in [6, 6.07) is 19.4. The Morgan fingerprint density at radius 3 is 1.48 bits per heavy atom. The molecule has 2 aromatic carbocycles. The van der Waals surface area contributed by atoms with Gasteiger partial charge in [-0.05, 0) is 24.3 Å². The van der Waals surface area contributed by atoms with Crippen LogP contribution in [0.4, 0.5) is 0 Å². The summed E-state index contributed by atoms with van der Waals surface area (Å²) >= 11 is 0. The zero-order valence-corrected chi connectivity index (χ0v) is 13.2. The van der Waals surface area contributed by atoms with Gasteiger partial charge in [-0.1, -0.05) is 36.4 Å².